The van der Waals surface area contributed by atoms with Gasteiger partial charge in [0.05, 0.1) is 4.90 Å². The smallest absolute Gasteiger partial charge is 0.243 e. The number of nitrogens with one attached hydrogen (secondary N) is 1. The van der Waals surface area contributed by atoms with Gasteiger partial charge in [-0.15, -0.1) is 0 Å². The highest BCUT2D eigenvalue weighted by Crippen LogP contribution is 2.46. The van der Waals surface area contributed by atoms with Gasteiger partial charge in [-0.1, -0.05) is 17.7 Å². The van der Waals surface area contributed by atoms with Gasteiger partial charge in [0.2, 0.25) is 15.9 Å². The van der Waals surface area contributed by atoms with Gasteiger partial charge in [0.25, 0.3) is 0 Å². The van der Waals surface area contributed by atoms with E-state index in [9.17, 15) is 13.2 Å². The van der Waals surface area contributed by atoms with Crippen molar-refractivity contribution in [3.05, 3.63) is 29.8 Å². The molecule has 0 unspecified atom stereocenters. The number of benzene rings is 1. The lowest BCUT2D eigenvalue weighted by atomic mass is 9.69. The zero-order valence-corrected chi connectivity index (χ0v) is 14.1. The molecule has 3 fully saturated rings. The summed E-state index contributed by atoms with van der Waals surface area (Å²) in [6, 6.07) is 7.06. The minimum absolute atomic E-state index is 0.0956. The lowest BCUT2D eigenvalue weighted by Gasteiger charge is -2.33. The van der Waals surface area contributed by atoms with Crippen molar-refractivity contribution in [3.8, 4) is 0 Å². The monoisotopic (exact) mass is 334 g/mol. The second-order valence-electron chi connectivity index (χ2n) is 7.15. The number of fused-ring (bicyclic) bond motifs is 3. The predicted molar refractivity (Wildman–Crippen MR) is 86.1 cm³/mol. The second kappa shape index (κ2) is 5.31. The van der Waals surface area contributed by atoms with Crippen LogP contribution in [-0.2, 0) is 14.8 Å². The van der Waals surface area contributed by atoms with Crippen LogP contribution in [0.3, 0.4) is 0 Å². The molecule has 4 rings (SSSR count). The van der Waals surface area contributed by atoms with Crippen molar-refractivity contribution in [2.75, 3.05) is 19.6 Å². The molecule has 124 valence electrons. The molecule has 0 bridgehead atoms. The summed E-state index contributed by atoms with van der Waals surface area (Å²) < 4.78 is 27.4. The summed E-state index contributed by atoms with van der Waals surface area (Å²) in [4.78, 5) is 12.3. The van der Waals surface area contributed by atoms with Gasteiger partial charge in [0, 0.05) is 25.6 Å². The zero-order valence-electron chi connectivity index (χ0n) is 13.2. The molecule has 0 radical (unpaired) electrons. The Morgan fingerprint density at radius 3 is 2.57 bits per heavy atom. The Bertz CT molecular complexity index is 729. The van der Waals surface area contributed by atoms with E-state index >= 15 is 0 Å². The maximum atomic E-state index is 12.9. The van der Waals surface area contributed by atoms with Crippen LogP contribution in [-0.4, -0.2) is 38.3 Å². The number of nitrogens with zero attached hydrogens (tertiary/aromatic N) is 1. The van der Waals surface area contributed by atoms with Gasteiger partial charge in [0.1, 0.15) is 0 Å². The number of carbonyl (C=O) groups excluding carboxylic acids is 1. The maximum absolute atomic E-state index is 12.9. The van der Waals surface area contributed by atoms with E-state index in [1.54, 1.807) is 16.4 Å². The Kier molecular flexibility index (Phi) is 3.50. The predicted octanol–water partition coefficient (Wildman–Crippen LogP) is 1.39. The molecule has 1 aromatic carbocycles. The summed E-state index contributed by atoms with van der Waals surface area (Å²) in [5, 5.41) is 2.96. The van der Waals surface area contributed by atoms with Crippen molar-refractivity contribution in [1.29, 1.82) is 0 Å². The summed E-state index contributed by atoms with van der Waals surface area (Å²) in [7, 11) is -3.43. The lowest BCUT2D eigenvalue weighted by molar-refractivity contribution is -0.124. The van der Waals surface area contributed by atoms with E-state index in [0.29, 0.717) is 42.3 Å². The second-order valence-corrected chi connectivity index (χ2v) is 9.09. The summed E-state index contributed by atoms with van der Waals surface area (Å²) in [5.74, 6) is 1.27. The van der Waals surface area contributed by atoms with E-state index in [1.807, 2.05) is 19.1 Å². The van der Waals surface area contributed by atoms with Crippen LogP contribution in [0.1, 0.15) is 18.4 Å². The number of aryl methyl sites for hydroxylation is 1. The van der Waals surface area contributed by atoms with Gasteiger partial charge in [-0.05, 0) is 49.7 Å². The van der Waals surface area contributed by atoms with Crippen LogP contribution < -0.4 is 5.32 Å². The van der Waals surface area contributed by atoms with Crippen LogP contribution in [0.4, 0.5) is 0 Å². The van der Waals surface area contributed by atoms with Crippen LogP contribution >= 0.6 is 0 Å². The van der Waals surface area contributed by atoms with Crippen molar-refractivity contribution in [1.82, 2.24) is 9.62 Å². The fraction of sp³-hybridized carbons (Fsp3) is 0.588. The van der Waals surface area contributed by atoms with E-state index in [4.69, 9.17) is 0 Å². The van der Waals surface area contributed by atoms with Crippen LogP contribution in [0.15, 0.2) is 29.2 Å². The molecule has 2 aliphatic heterocycles. The van der Waals surface area contributed by atoms with E-state index in [1.165, 1.54) is 0 Å². The Balaban J connectivity index is 1.58. The van der Waals surface area contributed by atoms with E-state index in [-0.39, 0.29) is 11.8 Å². The number of amides is 1. The first kappa shape index (κ1) is 15.1. The fourth-order valence-corrected chi connectivity index (χ4v) is 6.11. The van der Waals surface area contributed by atoms with Gasteiger partial charge in [-0.2, -0.15) is 4.31 Å². The molecule has 1 saturated carbocycles. The van der Waals surface area contributed by atoms with Gasteiger partial charge >= 0.3 is 0 Å². The van der Waals surface area contributed by atoms with Gasteiger partial charge in [-0.25, -0.2) is 8.42 Å². The average molecular weight is 334 g/mol. The maximum Gasteiger partial charge on any atom is 0.243 e. The summed E-state index contributed by atoms with van der Waals surface area (Å²) in [5.41, 5.74) is 1.05. The third-order valence-electron chi connectivity index (χ3n) is 5.88. The first-order valence-electron chi connectivity index (χ1n) is 8.31. The first-order chi connectivity index (χ1) is 11.0. The van der Waals surface area contributed by atoms with E-state index in [0.717, 1.165) is 18.4 Å². The molecule has 1 aromatic rings. The van der Waals surface area contributed by atoms with Crippen LogP contribution in [0.25, 0.3) is 0 Å². The molecule has 3 aliphatic rings. The molecule has 6 heteroatoms. The topological polar surface area (TPSA) is 66.5 Å². The molecule has 1 amide bonds. The minimum atomic E-state index is -3.43. The normalized spacial score (nSPS) is 34.0. The first-order valence-corrected chi connectivity index (χ1v) is 9.75. The number of hydrogen-bond donors (Lipinski definition) is 1. The molecule has 0 spiro atoms. The molecule has 4 atom stereocenters. The number of sulfonamides is 1. The Hall–Kier alpha value is -1.40. The van der Waals surface area contributed by atoms with Crippen molar-refractivity contribution in [2.45, 2.75) is 24.7 Å². The summed E-state index contributed by atoms with van der Waals surface area (Å²) >= 11 is 0. The number of rotatable bonds is 2. The molecular formula is C17H22N2O3S. The SMILES string of the molecule is Cc1ccc(S(=O)(=O)N2C[C@H]3CC[C@H]4C(=O)NC[C@H]4[C@H]3C2)cc1. The quantitative estimate of drug-likeness (QED) is 0.889. The highest BCUT2D eigenvalue weighted by Gasteiger charge is 2.51. The van der Waals surface area contributed by atoms with E-state index < -0.39 is 10.0 Å². The van der Waals surface area contributed by atoms with E-state index in [2.05, 4.69) is 5.32 Å². The fourth-order valence-electron chi connectivity index (χ4n) is 4.58. The molecule has 2 heterocycles. The number of carbonyl (C=O) groups is 1. The Labute approximate surface area is 137 Å². The van der Waals surface area contributed by atoms with Crippen LogP contribution in [0.5, 0.6) is 0 Å². The van der Waals surface area contributed by atoms with Crippen molar-refractivity contribution in [3.63, 3.8) is 0 Å². The molecule has 2 saturated heterocycles. The highest BCUT2D eigenvalue weighted by atomic mass is 32.2. The largest absolute Gasteiger partial charge is 0.356 e. The van der Waals surface area contributed by atoms with Gasteiger partial charge in [0.15, 0.2) is 0 Å². The molecule has 0 aromatic heterocycles. The zero-order chi connectivity index (χ0) is 16.2. The molecule has 1 aliphatic carbocycles. The summed E-state index contributed by atoms with van der Waals surface area (Å²) in [6.07, 6.45) is 1.86. The van der Waals surface area contributed by atoms with Crippen molar-refractivity contribution >= 4 is 15.9 Å². The summed E-state index contributed by atoms with van der Waals surface area (Å²) in [6.45, 7) is 3.81. The number of hydrogen-bond acceptors (Lipinski definition) is 3. The third-order valence-corrected chi connectivity index (χ3v) is 7.73. The Morgan fingerprint density at radius 2 is 1.83 bits per heavy atom. The van der Waals surface area contributed by atoms with Crippen molar-refractivity contribution in [2.24, 2.45) is 23.7 Å². The standard InChI is InChI=1S/C17H22N2O3S/c1-11-2-5-13(6-3-11)23(21,22)19-9-12-4-7-14-15(16(12)10-19)8-18-17(14)20/h2-3,5-6,12,14-16H,4,7-10H2,1H3,(H,18,20)/t12-,14-,15-,16+/m1/s1. The van der Waals surface area contributed by atoms with Gasteiger partial charge in [-0.3, -0.25) is 4.79 Å². The van der Waals surface area contributed by atoms with Crippen LogP contribution in [0, 0.1) is 30.6 Å². The molecular weight excluding hydrogens is 312 g/mol. The minimum Gasteiger partial charge on any atom is -0.356 e. The van der Waals surface area contributed by atoms with Crippen LogP contribution in [0.2, 0.25) is 0 Å². The molecule has 5 nitrogen and oxygen atoms in total. The Morgan fingerprint density at radius 1 is 1.09 bits per heavy atom. The molecule has 23 heavy (non-hydrogen) atoms. The third kappa shape index (κ3) is 2.39. The highest BCUT2D eigenvalue weighted by molar-refractivity contribution is 7.89. The lowest BCUT2D eigenvalue weighted by Crippen LogP contribution is -2.34. The molecule has 1 N–H and O–H groups in total. The average Bonchev–Trinajstić information content (AvgIpc) is 3.12. The van der Waals surface area contributed by atoms with Crippen molar-refractivity contribution < 1.29 is 13.2 Å². The van der Waals surface area contributed by atoms with Gasteiger partial charge < -0.3 is 5.32 Å².